The van der Waals surface area contributed by atoms with E-state index >= 15 is 0 Å². The second-order valence-corrected chi connectivity index (χ2v) is 9.96. The van der Waals surface area contributed by atoms with Crippen molar-refractivity contribution in [3.63, 3.8) is 0 Å². The predicted octanol–water partition coefficient (Wildman–Crippen LogP) is 4.24. The first-order chi connectivity index (χ1) is 18.6. The molecule has 6 rings (SSSR count). The predicted molar refractivity (Wildman–Crippen MR) is 145 cm³/mol. The highest BCUT2D eigenvalue weighted by Gasteiger charge is 2.25. The zero-order chi connectivity index (χ0) is 26.1. The monoisotopic (exact) mass is 510 g/mol. The molecule has 0 radical (unpaired) electrons. The van der Waals surface area contributed by atoms with Crippen LogP contribution in [0.4, 0.5) is 0 Å². The maximum absolute atomic E-state index is 13.6. The van der Waals surface area contributed by atoms with Gasteiger partial charge in [0.2, 0.25) is 5.82 Å². The summed E-state index contributed by atoms with van der Waals surface area (Å²) in [6.45, 7) is 2.76. The summed E-state index contributed by atoms with van der Waals surface area (Å²) in [6.07, 6.45) is 6.23. The number of aromatic amines is 2. The number of nitrogens with zero attached hydrogens (tertiary/aromatic N) is 6. The van der Waals surface area contributed by atoms with E-state index in [1.54, 1.807) is 0 Å². The highest BCUT2D eigenvalue weighted by atomic mass is 16.2. The van der Waals surface area contributed by atoms with Gasteiger partial charge in [-0.05, 0) is 47.2 Å². The maximum atomic E-state index is 13.6. The Kier molecular flexibility index (Phi) is 6.45. The molecule has 10 heteroatoms. The Morgan fingerprint density at radius 3 is 2.53 bits per heavy atom. The molecule has 0 unspecified atom stereocenters. The molecule has 0 saturated heterocycles. The van der Waals surface area contributed by atoms with Gasteiger partial charge in [0.1, 0.15) is 5.82 Å². The summed E-state index contributed by atoms with van der Waals surface area (Å²) in [6, 6.07) is 16.3. The van der Waals surface area contributed by atoms with Gasteiger partial charge in [-0.25, -0.2) is 9.78 Å². The van der Waals surface area contributed by atoms with E-state index in [0.29, 0.717) is 36.5 Å². The number of fused-ring (bicyclic) bond motifs is 1. The first-order valence-corrected chi connectivity index (χ1v) is 13.3. The standard InChI is InChI=1S/C28H30N8O2/c1-2-15-35-27(37)23-25(30-28(35)38)29-26(20-11-7-4-8-12-20)36(23)17-18-13-14-21(19-9-5-3-6-10-19)22(16-18)24-31-33-34-32-24/h3,5-6,9-10,13-14,16,20H,2,4,7-8,11-12,15,17H2,1H3,(H,30,38)(H,31,32,33,34). The molecule has 1 aliphatic rings. The fraction of sp³-hybridized carbons (Fsp3) is 0.357. The van der Waals surface area contributed by atoms with E-state index in [1.807, 2.05) is 29.7 Å². The molecule has 0 bridgehead atoms. The van der Waals surface area contributed by atoms with E-state index in [0.717, 1.165) is 53.8 Å². The average molecular weight is 511 g/mol. The molecule has 3 aromatic heterocycles. The van der Waals surface area contributed by atoms with Gasteiger partial charge in [0.25, 0.3) is 5.56 Å². The SMILES string of the molecule is CCCn1c(=O)[nH]c2nc(C3CCCCC3)n(Cc3ccc(-c4ccccc4)c(-c4nn[nH]n4)c3)c2c1=O. The van der Waals surface area contributed by atoms with Crippen molar-refractivity contribution in [1.29, 1.82) is 0 Å². The number of imidazole rings is 1. The van der Waals surface area contributed by atoms with Crippen LogP contribution in [0.5, 0.6) is 0 Å². The van der Waals surface area contributed by atoms with Crippen molar-refractivity contribution >= 4 is 11.2 Å². The Morgan fingerprint density at radius 2 is 1.79 bits per heavy atom. The van der Waals surface area contributed by atoms with Crippen LogP contribution < -0.4 is 11.2 Å². The molecule has 0 atom stereocenters. The maximum Gasteiger partial charge on any atom is 0.330 e. The molecule has 0 spiro atoms. The van der Waals surface area contributed by atoms with Crippen molar-refractivity contribution in [3.05, 3.63) is 80.8 Å². The number of benzene rings is 2. The Labute approximate surface area is 218 Å². The normalized spacial score (nSPS) is 14.3. The lowest BCUT2D eigenvalue weighted by Crippen LogP contribution is -2.35. The van der Waals surface area contributed by atoms with Gasteiger partial charge in [0, 0.05) is 24.6 Å². The highest BCUT2D eigenvalue weighted by Crippen LogP contribution is 2.35. The zero-order valence-corrected chi connectivity index (χ0v) is 21.4. The number of aromatic nitrogens is 8. The number of tetrazole rings is 1. The summed E-state index contributed by atoms with van der Waals surface area (Å²) >= 11 is 0. The molecular formula is C28H30N8O2. The summed E-state index contributed by atoms with van der Waals surface area (Å²) < 4.78 is 3.31. The molecule has 10 nitrogen and oxygen atoms in total. The molecule has 5 aromatic rings. The molecule has 3 heterocycles. The summed E-state index contributed by atoms with van der Waals surface area (Å²) in [5.74, 6) is 1.62. The molecule has 0 aliphatic heterocycles. The number of nitrogens with one attached hydrogen (secondary N) is 2. The Bertz CT molecular complexity index is 1680. The van der Waals surface area contributed by atoms with Gasteiger partial charge in [-0.1, -0.05) is 68.7 Å². The highest BCUT2D eigenvalue weighted by molar-refractivity contribution is 5.81. The fourth-order valence-electron chi connectivity index (χ4n) is 5.62. The second kappa shape index (κ2) is 10.2. The number of rotatable bonds is 7. The van der Waals surface area contributed by atoms with Crippen molar-refractivity contribution in [3.8, 4) is 22.5 Å². The van der Waals surface area contributed by atoms with Crippen LogP contribution in [0.15, 0.2) is 58.1 Å². The van der Waals surface area contributed by atoms with Crippen LogP contribution in [0.3, 0.4) is 0 Å². The van der Waals surface area contributed by atoms with Gasteiger partial charge < -0.3 is 4.57 Å². The Balaban J connectivity index is 1.51. The molecule has 1 aliphatic carbocycles. The third kappa shape index (κ3) is 4.36. The minimum atomic E-state index is -0.407. The average Bonchev–Trinajstić information content (AvgIpc) is 3.61. The quantitative estimate of drug-likeness (QED) is 0.337. The van der Waals surface area contributed by atoms with E-state index < -0.39 is 5.69 Å². The Morgan fingerprint density at radius 1 is 0.974 bits per heavy atom. The first-order valence-electron chi connectivity index (χ1n) is 13.3. The summed E-state index contributed by atoms with van der Waals surface area (Å²) in [4.78, 5) is 34.0. The molecule has 1 saturated carbocycles. The van der Waals surface area contributed by atoms with Crippen LogP contribution in [0.2, 0.25) is 0 Å². The third-order valence-electron chi connectivity index (χ3n) is 7.43. The van der Waals surface area contributed by atoms with E-state index in [1.165, 1.54) is 11.0 Å². The smallest absolute Gasteiger partial charge is 0.317 e. The van der Waals surface area contributed by atoms with E-state index in [2.05, 4.69) is 55.9 Å². The van der Waals surface area contributed by atoms with Gasteiger partial charge in [-0.15, -0.1) is 10.2 Å². The topological polar surface area (TPSA) is 127 Å². The van der Waals surface area contributed by atoms with Gasteiger partial charge in [-0.2, -0.15) is 5.21 Å². The van der Waals surface area contributed by atoms with Crippen molar-refractivity contribution in [2.75, 3.05) is 0 Å². The van der Waals surface area contributed by atoms with Crippen molar-refractivity contribution in [2.24, 2.45) is 0 Å². The van der Waals surface area contributed by atoms with Crippen LogP contribution in [-0.2, 0) is 13.1 Å². The molecule has 1 fully saturated rings. The largest absolute Gasteiger partial charge is 0.330 e. The number of H-pyrrole nitrogens is 2. The molecule has 2 N–H and O–H groups in total. The second-order valence-electron chi connectivity index (χ2n) is 9.96. The van der Waals surface area contributed by atoms with E-state index in [9.17, 15) is 9.59 Å². The zero-order valence-electron chi connectivity index (χ0n) is 21.4. The molecule has 2 aromatic carbocycles. The number of hydrogen-bond acceptors (Lipinski definition) is 6. The molecule has 194 valence electrons. The summed E-state index contributed by atoms with van der Waals surface area (Å²) in [5, 5.41) is 14.8. The van der Waals surface area contributed by atoms with Gasteiger partial charge in [-0.3, -0.25) is 14.3 Å². The van der Waals surface area contributed by atoms with E-state index in [4.69, 9.17) is 4.98 Å². The van der Waals surface area contributed by atoms with Crippen LogP contribution in [0, 0.1) is 0 Å². The van der Waals surface area contributed by atoms with Gasteiger partial charge >= 0.3 is 5.69 Å². The minimum Gasteiger partial charge on any atom is -0.317 e. The first kappa shape index (κ1) is 24.0. The van der Waals surface area contributed by atoms with Crippen LogP contribution >= 0.6 is 0 Å². The van der Waals surface area contributed by atoms with Crippen LogP contribution in [0.1, 0.15) is 62.8 Å². The van der Waals surface area contributed by atoms with Gasteiger partial charge in [0.05, 0.1) is 0 Å². The van der Waals surface area contributed by atoms with Gasteiger partial charge in [0.15, 0.2) is 11.2 Å². The lowest BCUT2D eigenvalue weighted by molar-refractivity contribution is 0.420. The summed E-state index contributed by atoms with van der Waals surface area (Å²) in [5.41, 5.74) is 3.99. The third-order valence-corrected chi connectivity index (χ3v) is 7.43. The lowest BCUT2D eigenvalue weighted by Gasteiger charge is -2.22. The minimum absolute atomic E-state index is 0.249. The van der Waals surface area contributed by atoms with E-state index in [-0.39, 0.29) is 11.5 Å². The van der Waals surface area contributed by atoms with Crippen LogP contribution in [-0.4, -0.2) is 39.7 Å². The Hall–Kier alpha value is -4.34. The molecule has 0 amide bonds. The van der Waals surface area contributed by atoms with Crippen molar-refractivity contribution < 1.29 is 0 Å². The molecule has 38 heavy (non-hydrogen) atoms. The van der Waals surface area contributed by atoms with Crippen molar-refractivity contribution in [2.45, 2.75) is 64.5 Å². The summed E-state index contributed by atoms with van der Waals surface area (Å²) in [7, 11) is 0. The number of hydrogen-bond donors (Lipinski definition) is 2. The fourth-order valence-corrected chi connectivity index (χ4v) is 5.62. The van der Waals surface area contributed by atoms with Crippen LogP contribution in [0.25, 0.3) is 33.7 Å². The lowest BCUT2D eigenvalue weighted by atomic mass is 9.88. The van der Waals surface area contributed by atoms with Crippen molar-refractivity contribution in [1.82, 2.24) is 39.7 Å². The molecular weight excluding hydrogens is 480 g/mol.